The SMILES string of the molecule is N#Cc1ccsc1NC(=O)c1cccc(S(=O)(=O)N2CCc3ccccc32)c1. The van der Waals surface area contributed by atoms with Gasteiger partial charge in [-0.25, -0.2) is 8.42 Å². The predicted octanol–water partition coefficient (Wildman–Crippen LogP) is 3.62. The molecular formula is C20H15N3O3S2. The molecule has 1 aliphatic rings. The number of hydrogen-bond donors (Lipinski definition) is 1. The van der Waals surface area contributed by atoms with Crippen molar-refractivity contribution >= 4 is 38.0 Å². The molecular weight excluding hydrogens is 394 g/mol. The average molecular weight is 409 g/mol. The number of nitriles is 1. The maximum atomic E-state index is 13.1. The van der Waals surface area contributed by atoms with Gasteiger partial charge in [0.15, 0.2) is 0 Å². The van der Waals surface area contributed by atoms with Crippen LogP contribution in [0.5, 0.6) is 0 Å². The van der Waals surface area contributed by atoms with Crippen LogP contribution in [-0.4, -0.2) is 20.9 Å². The van der Waals surface area contributed by atoms with Gasteiger partial charge in [0.05, 0.1) is 16.1 Å². The van der Waals surface area contributed by atoms with Gasteiger partial charge in [0.1, 0.15) is 11.1 Å². The first-order valence-electron chi connectivity index (χ1n) is 8.50. The summed E-state index contributed by atoms with van der Waals surface area (Å²) in [6.07, 6.45) is 0.658. The van der Waals surface area contributed by atoms with E-state index in [0.717, 1.165) is 5.56 Å². The van der Waals surface area contributed by atoms with Gasteiger partial charge in [-0.05, 0) is 47.7 Å². The number of thiophene rings is 1. The van der Waals surface area contributed by atoms with Gasteiger partial charge >= 0.3 is 0 Å². The molecule has 28 heavy (non-hydrogen) atoms. The van der Waals surface area contributed by atoms with Gasteiger partial charge in [-0.1, -0.05) is 24.3 Å². The van der Waals surface area contributed by atoms with Crippen LogP contribution in [0.15, 0.2) is 64.9 Å². The van der Waals surface area contributed by atoms with Gasteiger partial charge in [0, 0.05) is 12.1 Å². The number of nitrogens with zero attached hydrogens (tertiary/aromatic N) is 2. The smallest absolute Gasteiger partial charge is 0.264 e. The Morgan fingerprint density at radius 1 is 1.14 bits per heavy atom. The van der Waals surface area contributed by atoms with E-state index in [1.54, 1.807) is 29.6 Å². The van der Waals surface area contributed by atoms with E-state index in [0.29, 0.717) is 29.2 Å². The molecule has 140 valence electrons. The number of amides is 1. The Balaban J connectivity index is 1.64. The lowest BCUT2D eigenvalue weighted by molar-refractivity contribution is 0.102. The van der Waals surface area contributed by atoms with Crippen LogP contribution in [0.1, 0.15) is 21.5 Å². The molecule has 4 rings (SSSR count). The second kappa shape index (κ2) is 7.11. The average Bonchev–Trinajstić information content (AvgIpc) is 3.34. The normalized spacial score (nSPS) is 13.0. The number of carbonyl (C=O) groups is 1. The van der Waals surface area contributed by atoms with Crippen molar-refractivity contribution in [2.24, 2.45) is 0 Å². The molecule has 1 amide bonds. The minimum Gasteiger partial charge on any atom is -0.312 e. The quantitative estimate of drug-likeness (QED) is 0.713. The molecule has 0 saturated heterocycles. The molecule has 2 aromatic carbocycles. The third kappa shape index (κ3) is 3.15. The number of rotatable bonds is 4. The summed E-state index contributed by atoms with van der Waals surface area (Å²) in [5.74, 6) is -0.460. The summed E-state index contributed by atoms with van der Waals surface area (Å²) in [4.78, 5) is 12.6. The van der Waals surface area contributed by atoms with Crippen LogP contribution in [0.4, 0.5) is 10.7 Å². The number of anilines is 2. The van der Waals surface area contributed by atoms with Crippen molar-refractivity contribution in [2.45, 2.75) is 11.3 Å². The number of fused-ring (bicyclic) bond motifs is 1. The lowest BCUT2D eigenvalue weighted by atomic mass is 10.2. The zero-order valence-electron chi connectivity index (χ0n) is 14.6. The zero-order chi connectivity index (χ0) is 19.7. The highest BCUT2D eigenvalue weighted by Gasteiger charge is 2.31. The number of sulfonamides is 1. The molecule has 0 aliphatic carbocycles. The Bertz CT molecular complexity index is 1210. The minimum absolute atomic E-state index is 0.0588. The molecule has 1 aromatic heterocycles. The molecule has 3 aromatic rings. The number of hydrogen-bond acceptors (Lipinski definition) is 5. The van der Waals surface area contributed by atoms with E-state index >= 15 is 0 Å². The van der Waals surface area contributed by atoms with Gasteiger partial charge in [-0.15, -0.1) is 11.3 Å². The first-order valence-corrected chi connectivity index (χ1v) is 10.8. The first-order chi connectivity index (χ1) is 13.5. The van der Waals surface area contributed by atoms with Crippen LogP contribution < -0.4 is 9.62 Å². The van der Waals surface area contributed by atoms with Gasteiger partial charge in [0.25, 0.3) is 15.9 Å². The Morgan fingerprint density at radius 2 is 1.96 bits per heavy atom. The van der Waals surface area contributed by atoms with E-state index < -0.39 is 15.9 Å². The highest BCUT2D eigenvalue weighted by atomic mass is 32.2. The number of carbonyl (C=O) groups excluding carboxylic acids is 1. The number of nitrogens with one attached hydrogen (secondary N) is 1. The van der Waals surface area contributed by atoms with Crippen LogP contribution in [0.2, 0.25) is 0 Å². The highest BCUT2D eigenvalue weighted by Crippen LogP contribution is 2.33. The molecule has 0 spiro atoms. The Hall–Kier alpha value is -3.15. The zero-order valence-corrected chi connectivity index (χ0v) is 16.3. The predicted molar refractivity (Wildman–Crippen MR) is 108 cm³/mol. The molecule has 8 heteroatoms. The maximum absolute atomic E-state index is 13.1. The fourth-order valence-corrected chi connectivity index (χ4v) is 5.43. The van der Waals surface area contributed by atoms with Gasteiger partial charge in [-0.3, -0.25) is 9.10 Å². The molecule has 0 fully saturated rings. The highest BCUT2D eigenvalue weighted by molar-refractivity contribution is 7.92. The van der Waals surface area contributed by atoms with E-state index in [2.05, 4.69) is 5.32 Å². The third-order valence-electron chi connectivity index (χ3n) is 4.54. The van der Waals surface area contributed by atoms with Gasteiger partial charge < -0.3 is 5.32 Å². The van der Waals surface area contributed by atoms with Crippen LogP contribution >= 0.6 is 11.3 Å². The van der Waals surface area contributed by atoms with Crippen molar-refractivity contribution in [2.75, 3.05) is 16.2 Å². The Kier molecular flexibility index (Phi) is 4.63. The van der Waals surface area contributed by atoms with Crippen molar-refractivity contribution in [3.63, 3.8) is 0 Å². The second-order valence-electron chi connectivity index (χ2n) is 6.21. The summed E-state index contributed by atoms with van der Waals surface area (Å²) in [7, 11) is -3.78. The molecule has 0 saturated carbocycles. The second-order valence-corrected chi connectivity index (χ2v) is 8.99. The summed E-state index contributed by atoms with van der Waals surface area (Å²) in [5, 5.41) is 13.9. The number of para-hydroxylation sites is 1. The topological polar surface area (TPSA) is 90.3 Å². The fraction of sp³-hybridized carbons (Fsp3) is 0.100. The molecule has 6 nitrogen and oxygen atoms in total. The molecule has 0 bridgehead atoms. The maximum Gasteiger partial charge on any atom is 0.264 e. The molecule has 0 radical (unpaired) electrons. The largest absolute Gasteiger partial charge is 0.312 e. The van der Waals surface area contributed by atoms with E-state index in [1.165, 1.54) is 27.8 Å². The van der Waals surface area contributed by atoms with Crippen LogP contribution in [-0.2, 0) is 16.4 Å². The molecule has 2 heterocycles. The lowest BCUT2D eigenvalue weighted by Crippen LogP contribution is -2.29. The van der Waals surface area contributed by atoms with E-state index in [9.17, 15) is 13.2 Å². The first kappa shape index (κ1) is 18.2. The van der Waals surface area contributed by atoms with Crippen molar-refractivity contribution < 1.29 is 13.2 Å². The van der Waals surface area contributed by atoms with Crippen LogP contribution in [0.25, 0.3) is 0 Å². The molecule has 1 N–H and O–H groups in total. The number of benzene rings is 2. The summed E-state index contributed by atoms with van der Waals surface area (Å²) in [6.45, 7) is 0.374. The standard InChI is InChI=1S/C20H15N3O3S2/c21-13-16-9-11-27-20(16)22-19(24)15-5-3-6-17(12-15)28(25,26)23-10-8-14-4-1-2-7-18(14)23/h1-7,9,11-12H,8,10H2,(H,22,24). The van der Waals surface area contributed by atoms with Crippen LogP contribution in [0, 0.1) is 11.3 Å². The monoisotopic (exact) mass is 409 g/mol. The summed E-state index contributed by atoms with van der Waals surface area (Å²) in [5.41, 5.74) is 2.25. The van der Waals surface area contributed by atoms with Crippen molar-refractivity contribution in [3.05, 3.63) is 76.7 Å². The molecule has 1 aliphatic heterocycles. The van der Waals surface area contributed by atoms with Crippen molar-refractivity contribution in [1.82, 2.24) is 0 Å². The summed E-state index contributed by atoms with van der Waals surface area (Å²) < 4.78 is 27.7. The van der Waals surface area contributed by atoms with E-state index in [1.807, 2.05) is 24.3 Å². The van der Waals surface area contributed by atoms with Gasteiger partial charge in [0.2, 0.25) is 0 Å². The Morgan fingerprint density at radius 3 is 2.79 bits per heavy atom. The lowest BCUT2D eigenvalue weighted by Gasteiger charge is -2.19. The van der Waals surface area contributed by atoms with Crippen molar-refractivity contribution in [3.8, 4) is 6.07 Å². The minimum atomic E-state index is -3.78. The fourth-order valence-electron chi connectivity index (χ4n) is 3.15. The molecule has 0 atom stereocenters. The summed E-state index contributed by atoms with van der Waals surface area (Å²) >= 11 is 1.24. The van der Waals surface area contributed by atoms with E-state index in [4.69, 9.17) is 5.26 Å². The van der Waals surface area contributed by atoms with E-state index in [-0.39, 0.29) is 10.5 Å². The summed E-state index contributed by atoms with van der Waals surface area (Å²) in [6, 6.07) is 17.0. The van der Waals surface area contributed by atoms with Gasteiger partial charge in [-0.2, -0.15) is 5.26 Å². The third-order valence-corrected chi connectivity index (χ3v) is 7.18. The Labute approximate surface area is 166 Å². The van der Waals surface area contributed by atoms with Crippen LogP contribution in [0.3, 0.4) is 0 Å². The van der Waals surface area contributed by atoms with Crippen molar-refractivity contribution in [1.29, 1.82) is 5.26 Å². The molecule has 0 unspecified atom stereocenters.